The van der Waals surface area contributed by atoms with E-state index >= 15 is 0 Å². The van der Waals surface area contributed by atoms with E-state index in [9.17, 15) is 9.59 Å². The first-order valence-corrected chi connectivity index (χ1v) is 13.6. The van der Waals surface area contributed by atoms with Gasteiger partial charge in [0.2, 0.25) is 5.91 Å². The van der Waals surface area contributed by atoms with Crippen LogP contribution >= 0.6 is 34.7 Å². The first-order chi connectivity index (χ1) is 16.9. The molecule has 1 aromatic carbocycles. The topological polar surface area (TPSA) is 95.3 Å². The molecular formula is C24H27ClN4O4S2. The number of carbonyl (C=O) groups is 2. The van der Waals surface area contributed by atoms with Gasteiger partial charge in [0.15, 0.2) is 11.0 Å². The Morgan fingerprint density at radius 2 is 2.06 bits per heavy atom. The van der Waals surface area contributed by atoms with Crippen molar-refractivity contribution in [1.29, 1.82) is 0 Å². The second kappa shape index (κ2) is 11.5. The maximum absolute atomic E-state index is 12.8. The van der Waals surface area contributed by atoms with Crippen LogP contribution in [0.2, 0.25) is 5.02 Å². The highest BCUT2D eigenvalue weighted by atomic mass is 35.5. The van der Waals surface area contributed by atoms with Crippen LogP contribution in [0.1, 0.15) is 52.0 Å². The Labute approximate surface area is 217 Å². The van der Waals surface area contributed by atoms with Gasteiger partial charge in [-0.3, -0.25) is 4.79 Å². The van der Waals surface area contributed by atoms with Crippen LogP contribution in [0.4, 0.5) is 5.00 Å². The molecule has 0 saturated heterocycles. The van der Waals surface area contributed by atoms with Gasteiger partial charge in [0.05, 0.1) is 18.4 Å². The molecular weight excluding hydrogens is 508 g/mol. The number of thioether (sulfide) groups is 1. The zero-order valence-corrected chi connectivity index (χ0v) is 22.2. The number of methoxy groups -OCH3 is 1. The number of rotatable bonds is 9. The Morgan fingerprint density at radius 3 is 2.80 bits per heavy atom. The van der Waals surface area contributed by atoms with Crippen LogP contribution in [0.25, 0.3) is 0 Å². The summed E-state index contributed by atoms with van der Waals surface area (Å²) in [7, 11) is 1.36. The summed E-state index contributed by atoms with van der Waals surface area (Å²) in [4.78, 5) is 26.3. The zero-order chi connectivity index (χ0) is 24.9. The van der Waals surface area contributed by atoms with Gasteiger partial charge >= 0.3 is 5.97 Å². The molecule has 1 aliphatic rings. The number of esters is 1. The van der Waals surface area contributed by atoms with E-state index in [-0.39, 0.29) is 18.3 Å². The molecule has 0 aliphatic heterocycles. The van der Waals surface area contributed by atoms with Gasteiger partial charge < -0.3 is 19.4 Å². The van der Waals surface area contributed by atoms with Crippen LogP contribution in [0.5, 0.6) is 5.75 Å². The van der Waals surface area contributed by atoms with Crippen molar-refractivity contribution < 1.29 is 19.1 Å². The number of aryl methyl sites for hydroxylation is 2. The lowest BCUT2D eigenvalue weighted by molar-refractivity contribution is -0.113. The molecule has 2 aromatic heterocycles. The molecule has 1 aliphatic carbocycles. The number of carbonyl (C=O) groups excluding carboxylic acids is 2. The molecule has 0 radical (unpaired) electrons. The van der Waals surface area contributed by atoms with Gasteiger partial charge in [0.1, 0.15) is 17.4 Å². The molecule has 0 unspecified atom stereocenters. The van der Waals surface area contributed by atoms with E-state index in [0.29, 0.717) is 38.9 Å². The highest BCUT2D eigenvalue weighted by molar-refractivity contribution is 7.99. The summed E-state index contributed by atoms with van der Waals surface area (Å²) in [6.45, 7) is 4.79. The lowest BCUT2D eigenvalue weighted by Crippen LogP contribution is -2.17. The van der Waals surface area contributed by atoms with Crippen LogP contribution in [-0.4, -0.2) is 39.5 Å². The minimum absolute atomic E-state index is 0.137. The number of ether oxygens (including phenoxy) is 2. The molecule has 8 nitrogen and oxygen atoms in total. The fraction of sp³-hybridized carbons (Fsp3) is 0.417. The van der Waals surface area contributed by atoms with Gasteiger partial charge in [0.25, 0.3) is 0 Å². The summed E-state index contributed by atoms with van der Waals surface area (Å²) in [5.41, 5.74) is 2.45. The van der Waals surface area contributed by atoms with Gasteiger partial charge in [-0.25, -0.2) is 4.79 Å². The molecule has 0 atom stereocenters. The molecule has 2 heterocycles. The number of fused-ring (bicyclic) bond motifs is 1. The number of thiophene rings is 1. The summed E-state index contributed by atoms with van der Waals surface area (Å²) in [6.07, 6.45) is 3.89. The molecule has 0 spiro atoms. The van der Waals surface area contributed by atoms with E-state index in [0.717, 1.165) is 41.7 Å². The molecule has 1 N–H and O–H groups in total. The summed E-state index contributed by atoms with van der Waals surface area (Å²) < 4.78 is 12.8. The van der Waals surface area contributed by atoms with Crippen molar-refractivity contribution in [2.45, 2.75) is 57.8 Å². The van der Waals surface area contributed by atoms with Gasteiger partial charge in [-0.05, 0) is 68.9 Å². The monoisotopic (exact) mass is 534 g/mol. The number of anilines is 1. The third-order valence-corrected chi connectivity index (χ3v) is 8.35. The number of amides is 1. The minimum atomic E-state index is -0.404. The van der Waals surface area contributed by atoms with E-state index < -0.39 is 5.97 Å². The predicted molar refractivity (Wildman–Crippen MR) is 138 cm³/mol. The van der Waals surface area contributed by atoms with E-state index in [1.54, 1.807) is 6.07 Å². The molecule has 0 saturated carbocycles. The molecule has 35 heavy (non-hydrogen) atoms. The van der Waals surface area contributed by atoms with E-state index in [4.69, 9.17) is 21.1 Å². The number of nitrogens with zero attached hydrogens (tertiary/aromatic N) is 3. The van der Waals surface area contributed by atoms with Crippen molar-refractivity contribution in [2.24, 2.45) is 0 Å². The van der Waals surface area contributed by atoms with Crippen LogP contribution in [0, 0.1) is 6.92 Å². The van der Waals surface area contributed by atoms with E-state index in [1.807, 2.05) is 30.5 Å². The Kier molecular flexibility index (Phi) is 8.35. The maximum Gasteiger partial charge on any atom is 0.341 e. The maximum atomic E-state index is 12.8. The third kappa shape index (κ3) is 5.82. The third-order valence-electron chi connectivity index (χ3n) is 5.75. The van der Waals surface area contributed by atoms with Crippen LogP contribution in [0.3, 0.4) is 0 Å². The Hall–Kier alpha value is -2.56. The first-order valence-electron chi connectivity index (χ1n) is 11.4. The number of hydrogen-bond acceptors (Lipinski definition) is 8. The van der Waals surface area contributed by atoms with Crippen molar-refractivity contribution >= 4 is 51.6 Å². The summed E-state index contributed by atoms with van der Waals surface area (Å²) in [6, 6.07) is 5.49. The second-order valence-electron chi connectivity index (χ2n) is 8.09. The second-order valence-corrected chi connectivity index (χ2v) is 10.5. The SMILES string of the molecule is CCn1c(COc2ccc(Cl)c(C)c2)nnc1SCC(=O)Nc1sc2c(c1C(=O)OC)CCCC2. The Bertz CT molecular complexity index is 1240. The van der Waals surface area contributed by atoms with Crippen molar-refractivity contribution in [2.75, 3.05) is 18.2 Å². The van der Waals surface area contributed by atoms with E-state index in [2.05, 4.69) is 15.5 Å². The van der Waals surface area contributed by atoms with Gasteiger partial charge in [0, 0.05) is 16.4 Å². The van der Waals surface area contributed by atoms with Crippen LogP contribution < -0.4 is 10.1 Å². The normalized spacial score (nSPS) is 12.8. The zero-order valence-electron chi connectivity index (χ0n) is 19.9. The van der Waals surface area contributed by atoms with Crippen molar-refractivity contribution in [1.82, 2.24) is 14.8 Å². The molecule has 0 fully saturated rings. The predicted octanol–water partition coefficient (Wildman–Crippen LogP) is 5.30. The summed E-state index contributed by atoms with van der Waals surface area (Å²) in [5, 5.41) is 13.3. The summed E-state index contributed by atoms with van der Waals surface area (Å²) >= 11 is 8.85. The number of hydrogen-bond donors (Lipinski definition) is 1. The standard InChI is InChI=1S/C24H27ClN4O4S2/c1-4-29-19(12-33-15-9-10-17(25)14(2)11-15)27-28-24(29)34-13-20(30)26-22-21(23(31)32-3)16-7-5-6-8-18(16)35-22/h9-11H,4-8,12-13H2,1-3H3,(H,26,30). The fourth-order valence-electron chi connectivity index (χ4n) is 3.97. The molecule has 0 bridgehead atoms. The van der Waals surface area contributed by atoms with Crippen LogP contribution in [-0.2, 0) is 35.5 Å². The van der Waals surface area contributed by atoms with Crippen molar-refractivity contribution in [3.05, 3.63) is 50.6 Å². The molecule has 11 heteroatoms. The Morgan fingerprint density at radius 1 is 1.26 bits per heavy atom. The largest absolute Gasteiger partial charge is 0.486 e. The molecule has 3 aromatic rings. The lowest BCUT2D eigenvalue weighted by Gasteiger charge is -2.11. The van der Waals surface area contributed by atoms with Gasteiger partial charge in [-0.1, -0.05) is 23.4 Å². The quantitative estimate of drug-likeness (QED) is 0.294. The van der Waals surface area contributed by atoms with Crippen molar-refractivity contribution in [3.8, 4) is 5.75 Å². The summed E-state index contributed by atoms with van der Waals surface area (Å²) in [5.74, 6) is 0.893. The number of benzene rings is 1. The minimum Gasteiger partial charge on any atom is -0.486 e. The number of halogens is 1. The van der Waals surface area contributed by atoms with Gasteiger partial charge in [-0.2, -0.15) is 0 Å². The van der Waals surface area contributed by atoms with Crippen LogP contribution in [0.15, 0.2) is 23.4 Å². The molecule has 186 valence electrons. The highest BCUT2D eigenvalue weighted by Crippen LogP contribution is 2.38. The first kappa shape index (κ1) is 25.5. The van der Waals surface area contributed by atoms with Crippen molar-refractivity contribution in [3.63, 3.8) is 0 Å². The fourth-order valence-corrected chi connectivity index (χ4v) is 6.20. The average molecular weight is 535 g/mol. The number of aromatic nitrogens is 3. The highest BCUT2D eigenvalue weighted by Gasteiger charge is 2.27. The Balaban J connectivity index is 1.40. The number of nitrogens with one attached hydrogen (secondary N) is 1. The average Bonchev–Trinajstić information content (AvgIpc) is 3.43. The van der Waals surface area contributed by atoms with Gasteiger partial charge in [-0.15, -0.1) is 21.5 Å². The molecule has 1 amide bonds. The van der Waals surface area contributed by atoms with E-state index in [1.165, 1.54) is 30.2 Å². The molecule has 4 rings (SSSR count). The lowest BCUT2D eigenvalue weighted by atomic mass is 9.95. The smallest absolute Gasteiger partial charge is 0.341 e.